The van der Waals surface area contributed by atoms with Gasteiger partial charge in [-0.25, -0.2) is 4.98 Å². The van der Waals surface area contributed by atoms with E-state index in [9.17, 15) is 13.2 Å². The van der Waals surface area contributed by atoms with Gasteiger partial charge in [0.25, 0.3) is 0 Å². The molecule has 2 aromatic rings. The molecule has 0 aliphatic heterocycles. The molecule has 0 aliphatic carbocycles. The first-order valence-electron chi connectivity index (χ1n) is 6.85. The first kappa shape index (κ1) is 15.4. The van der Waals surface area contributed by atoms with Crippen molar-refractivity contribution in [2.75, 3.05) is 30.4 Å². The average Bonchev–Trinajstić information content (AvgIpc) is 2.46. The molecule has 0 saturated heterocycles. The summed E-state index contributed by atoms with van der Waals surface area (Å²) < 4.78 is 38.6. The molecular formula is C15H18F3N3. The van der Waals surface area contributed by atoms with Gasteiger partial charge in [0.1, 0.15) is 5.69 Å². The van der Waals surface area contributed by atoms with E-state index in [0.717, 1.165) is 24.8 Å². The van der Waals surface area contributed by atoms with Crippen LogP contribution in [-0.4, -0.2) is 25.1 Å². The first-order valence-corrected chi connectivity index (χ1v) is 6.85. The molecule has 1 aromatic carbocycles. The van der Waals surface area contributed by atoms with E-state index in [0.29, 0.717) is 16.6 Å². The van der Waals surface area contributed by atoms with Crippen LogP contribution in [-0.2, 0) is 6.18 Å². The van der Waals surface area contributed by atoms with Crippen LogP contribution in [0.25, 0.3) is 10.9 Å². The Morgan fingerprint density at radius 2 is 1.81 bits per heavy atom. The highest BCUT2D eigenvalue weighted by atomic mass is 19.4. The summed E-state index contributed by atoms with van der Waals surface area (Å²) in [6.45, 7) is 5.76. The number of aromatic nitrogens is 1. The second-order valence-corrected chi connectivity index (χ2v) is 4.68. The maximum absolute atomic E-state index is 12.9. The summed E-state index contributed by atoms with van der Waals surface area (Å²) in [5.74, 6) is 0. The first-order chi connectivity index (χ1) is 9.90. The third kappa shape index (κ3) is 3.04. The summed E-state index contributed by atoms with van der Waals surface area (Å²) in [4.78, 5) is 5.86. The van der Waals surface area contributed by atoms with Crippen LogP contribution in [0.2, 0.25) is 0 Å². The zero-order chi connectivity index (χ0) is 15.6. The number of rotatable bonds is 4. The Bertz CT molecular complexity index is 634. The van der Waals surface area contributed by atoms with Gasteiger partial charge in [-0.15, -0.1) is 0 Å². The van der Waals surface area contributed by atoms with Crippen LogP contribution in [0, 0.1) is 0 Å². The Balaban J connectivity index is 2.62. The molecule has 0 unspecified atom stereocenters. The summed E-state index contributed by atoms with van der Waals surface area (Å²) in [6, 6.07) is 6.37. The van der Waals surface area contributed by atoms with E-state index in [2.05, 4.69) is 15.2 Å². The molecule has 2 rings (SSSR count). The predicted octanol–water partition coefficient (Wildman–Crippen LogP) is 4.14. The number of hydrogen-bond donors (Lipinski definition) is 1. The Morgan fingerprint density at radius 3 is 2.33 bits per heavy atom. The van der Waals surface area contributed by atoms with Crippen molar-refractivity contribution >= 4 is 22.3 Å². The molecule has 0 spiro atoms. The molecule has 0 aliphatic rings. The third-order valence-corrected chi connectivity index (χ3v) is 3.48. The Labute approximate surface area is 121 Å². The summed E-state index contributed by atoms with van der Waals surface area (Å²) in [5, 5.41) is 3.52. The molecule has 3 nitrogen and oxygen atoms in total. The number of pyridine rings is 1. The van der Waals surface area contributed by atoms with Crippen LogP contribution < -0.4 is 10.2 Å². The van der Waals surface area contributed by atoms with Gasteiger partial charge >= 0.3 is 6.18 Å². The van der Waals surface area contributed by atoms with E-state index < -0.39 is 11.9 Å². The highest BCUT2D eigenvalue weighted by molar-refractivity contribution is 5.94. The molecule has 0 amide bonds. The minimum atomic E-state index is -4.45. The number of benzene rings is 1. The Kier molecular flexibility index (Phi) is 4.25. The minimum absolute atomic E-state index is 0.338. The maximum Gasteiger partial charge on any atom is 0.433 e. The van der Waals surface area contributed by atoms with Crippen molar-refractivity contribution < 1.29 is 13.2 Å². The Morgan fingerprint density at radius 1 is 1.14 bits per heavy atom. The highest BCUT2D eigenvalue weighted by Crippen LogP contribution is 2.34. The molecule has 1 aromatic heterocycles. The molecule has 0 fully saturated rings. The highest BCUT2D eigenvalue weighted by Gasteiger charge is 2.33. The van der Waals surface area contributed by atoms with E-state index in [1.165, 1.54) is 0 Å². The molecule has 0 saturated carbocycles. The van der Waals surface area contributed by atoms with Crippen molar-refractivity contribution in [3.8, 4) is 0 Å². The van der Waals surface area contributed by atoms with Gasteiger partial charge in [-0.2, -0.15) is 13.2 Å². The van der Waals surface area contributed by atoms with Gasteiger partial charge in [0.2, 0.25) is 0 Å². The lowest BCUT2D eigenvalue weighted by molar-refractivity contribution is -0.140. The normalized spacial score (nSPS) is 11.7. The van der Waals surface area contributed by atoms with Crippen LogP contribution in [0.15, 0.2) is 24.3 Å². The van der Waals surface area contributed by atoms with Gasteiger partial charge in [0, 0.05) is 36.9 Å². The molecule has 0 atom stereocenters. The topological polar surface area (TPSA) is 28.2 Å². The lowest BCUT2D eigenvalue weighted by Gasteiger charge is -2.22. The number of nitrogens with one attached hydrogen (secondary N) is 1. The number of anilines is 2. The fourth-order valence-corrected chi connectivity index (χ4v) is 2.35. The zero-order valence-electron chi connectivity index (χ0n) is 12.3. The molecular weight excluding hydrogens is 279 g/mol. The van der Waals surface area contributed by atoms with Crippen molar-refractivity contribution in [1.29, 1.82) is 0 Å². The number of halogens is 3. The average molecular weight is 297 g/mol. The van der Waals surface area contributed by atoms with E-state index in [-0.39, 0.29) is 0 Å². The van der Waals surface area contributed by atoms with Gasteiger partial charge in [-0.1, -0.05) is 0 Å². The molecule has 21 heavy (non-hydrogen) atoms. The summed E-state index contributed by atoms with van der Waals surface area (Å²) >= 11 is 0. The van der Waals surface area contributed by atoms with Crippen molar-refractivity contribution in [1.82, 2.24) is 4.98 Å². The zero-order valence-corrected chi connectivity index (χ0v) is 12.3. The number of hydrogen-bond acceptors (Lipinski definition) is 3. The second kappa shape index (κ2) is 5.79. The summed E-state index contributed by atoms with van der Waals surface area (Å²) in [5.41, 5.74) is 0.868. The summed E-state index contributed by atoms with van der Waals surface area (Å²) in [7, 11) is 1.61. The SMILES string of the molecule is CCN(CC)c1ccc2nc(C(F)(F)F)cc(NC)c2c1. The largest absolute Gasteiger partial charge is 0.433 e. The van der Waals surface area contributed by atoms with E-state index >= 15 is 0 Å². The second-order valence-electron chi connectivity index (χ2n) is 4.68. The summed E-state index contributed by atoms with van der Waals surface area (Å²) in [6.07, 6.45) is -4.45. The fraction of sp³-hybridized carbons (Fsp3) is 0.400. The van der Waals surface area contributed by atoms with E-state index in [1.54, 1.807) is 13.1 Å². The monoisotopic (exact) mass is 297 g/mol. The molecule has 0 radical (unpaired) electrons. The number of alkyl halides is 3. The lowest BCUT2D eigenvalue weighted by Crippen LogP contribution is -2.21. The number of nitrogens with zero attached hydrogens (tertiary/aromatic N) is 2. The van der Waals surface area contributed by atoms with Crippen LogP contribution in [0.5, 0.6) is 0 Å². The van der Waals surface area contributed by atoms with Gasteiger partial charge in [0.15, 0.2) is 0 Å². The maximum atomic E-state index is 12.9. The van der Waals surface area contributed by atoms with Crippen LogP contribution >= 0.6 is 0 Å². The van der Waals surface area contributed by atoms with Gasteiger partial charge in [-0.3, -0.25) is 0 Å². The lowest BCUT2D eigenvalue weighted by atomic mass is 10.1. The van der Waals surface area contributed by atoms with Crippen LogP contribution in [0.3, 0.4) is 0 Å². The molecule has 0 bridgehead atoms. The quantitative estimate of drug-likeness (QED) is 0.919. The van der Waals surface area contributed by atoms with Crippen molar-refractivity contribution in [3.05, 3.63) is 30.0 Å². The van der Waals surface area contributed by atoms with Crippen molar-refractivity contribution in [2.45, 2.75) is 20.0 Å². The standard InChI is InChI=1S/C15H18F3N3/c1-4-21(5-2)10-6-7-12-11(8-10)13(19-3)9-14(20-12)15(16,17)18/h6-9H,4-5H2,1-3H3,(H,19,20). The van der Waals surface area contributed by atoms with Crippen LogP contribution in [0.4, 0.5) is 24.5 Å². The Hall–Kier alpha value is -1.98. The van der Waals surface area contributed by atoms with Gasteiger partial charge < -0.3 is 10.2 Å². The van der Waals surface area contributed by atoms with Crippen molar-refractivity contribution in [2.24, 2.45) is 0 Å². The van der Waals surface area contributed by atoms with Crippen LogP contribution in [0.1, 0.15) is 19.5 Å². The smallest absolute Gasteiger partial charge is 0.388 e. The predicted molar refractivity (Wildman–Crippen MR) is 79.9 cm³/mol. The molecule has 114 valence electrons. The van der Waals surface area contributed by atoms with E-state index in [4.69, 9.17) is 0 Å². The minimum Gasteiger partial charge on any atom is -0.388 e. The number of fused-ring (bicyclic) bond motifs is 1. The van der Waals surface area contributed by atoms with Crippen molar-refractivity contribution in [3.63, 3.8) is 0 Å². The third-order valence-electron chi connectivity index (χ3n) is 3.48. The van der Waals surface area contributed by atoms with Gasteiger partial charge in [-0.05, 0) is 38.1 Å². The fourth-order valence-electron chi connectivity index (χ4n) is 2.35. The van der Waals surface area contributed by atoms with E-state index in [1.807, 2.05) is 26.0 Å². The molecule has 1 N–H and O–H groups in total. The van der Waals surface area contributed by atoms with Gasteiger partial charge in [0.05, 0.1) is 5.52 Å². The molecule has 1 heterocycles. The molecule has 6 heteroatoms.